The van der Waals surface area contributed by atoms with E-state index in [4.69, 9.17) is 0 Å². The number of rotatable bonds is 3. The van der Waals surface area contributed by atoms with E-state index < -0.39 is 11.9 Å². The van der Waals surface area contributed by atoms with Gasteiger partial charge in [-0.25, -0.2) is 4.98 Å². The van der Waals surface area contributed by atoms with Gasteiger partial charge in [0.25, 0.3) is 5.78 Å². The van der Waals surface area contributed by atoms with Crippen molar-refractivity contribution >= 4 is 17.4 Å². The zero-order valence-electron chi connectivity index (χ0n) is 14.5. The van der Waals surface area contributed by atoms with Gasteiger partial charge in [-0.1, -0.05) is 0 Å². The average molecular weight is 378 g/mol. The number of likely N-dealkylation sites (N-methyl/N-ethyl adjacent to an activating group) is 1. The van der Waals surface area contributed by atoms with E-state index >= 15 is 0 Å². The number of hydrogen-bond donors (Lipinski definition) is 0. The number of fused-ring (bicyclic) bond motifs is 1. The van der Waals surface area contributed by atoms with E-state index in [9.17, 15) is 13.2 Å². The van der Waals surface area contributed by atoms with Gasteiger partial charge in [0.1, 0.15) is 12.1 Å². The minimum atomic E-state index is -4.55. The summed E-state index contributed by atoms with van der Waals surface area (Å²) < 4.78 is 41.0. The summed E-state index contributed by atoms with van der Waals surface area (Å²) in [6.07, 6.45) is -0.0152. The summed E-state index contributed by atoms with van der Waals surface area (Å²) in [6.45, 7) is 1.45. The average Bonchev–Trinajstić information content (AvgIpc) is 3.15. The van der Waals surface area contributed by atoms with Crippen molar-refractivity contribution in [3.63, 3.8) is 0 Å². The van der Waals surface area contributed by atoms with E-state index in [0.29, 0.717) is 12.4 Å². The first-order valence-corrected chi connectivity index (χ1v) is 8.47. The Labute approximate surface area is 152 Å². The molecule has 8 nitrogen and oxygen atoms in total. The molecular formula is C16H17F3N8. The third kappa shape index (κ3) is 3.36. The third-order valence-electron chi connectivity index (χ3n) is 4.71. The van der Waals surface area contributed by atoms with Crippen LogP contribution in [-0.4, -0.2) is 56.0 Å². The third-order valence-corrected chi connectivity index (χ3v) is 4.71. The Hall–Kier alpha value is -2.98. The van der Waals surface area contributed by atoms with Crippen LogP contribution < -0.4 is 9.80 Å². The molecule has 0 aromatic carbocycles. The lowest BCUT2D eigenvalue weighted by molar-refractivity contribution is -0.141. The van der Waals surface area contributed by atoms with Crippen LogP contribution in [-0.2, 0) is 6.18 Å². The Bertz CT molecular complexity index is 926. The molecule has 1 unspecified atom stereocenters. The Morgan fingerprint density at radius 1 is 1.30 bits per heavy atom. The molecule has 0 aliphatic carbocycles. The van der Waals surface area contributed by atoms with Crippen LogP contribution in [0.15, 0.2) is 30.7 Å². The quantitative estimate of drug-likeness (QED) is 0.690. The molecule has 1 fully saturated rings. The van der Waals surface area contributed by atoms with Gasteiger partial charge in [0.15, 0.2) is 11.5 Å². The lowest BCUT2D eigenvalue weighted by Crippen LogP contribution is -2.47. The number of hydrogen-bond acceptors (Lipinski definition) is 7. The molecule has 0 radical (unpaired) electrons. The molecule has 1 aliphatic heterocycles. The van der Waals surface area contributed by atoms with Gasteiger partial charge in [0.05, 0.1) is 0 Å². The van der Waals surface area contributed by atoms with Crippen molar-refractivity contribution in [2.75, 3.05) is 29.9 Å². The summed E-state index contributed by atoms with van der Waals surface area (Å²) in [5.74, 6) is 0.983. The topological polar surface area (TPSA) is 75.3 Å². The van der Waals surface area contributed by atoms with E-state index in [1.165, 1.54) is 10.8 Å². The number of halogens is 3. The minimum Gasteiger partial charge on any atom is -0.355 e. The smallest absolute Gasteiger partial charge is 0.355 e. The molecule has 11 heteroatoms. The molecule has 0 N–H and O–H groups in total. The SMILES string of the molecule is CN(c1cc(C(F)(F)F)nc2ncnn12)C1CCCN(c2cccnn2)C1. The largest absolute Gasteiger partial charge is 0.433 e. The molecule has 1 aliphatic rings. The molecular weight excluding hydrogens is 361 g/mol. The highest BCUT2D eigenvalue weighted by Gasteiger charge is 2.35. The molecule has 0 amide bonds. The Morgan fingerprint density at radius 3 is 2.89 bits per heavy atom. The lowest BCUT2D eigenvalue weighted by Gasteiger charge is -2.38. The van der Waals surface area contributed by atoms with Crippen LogP contribution in [0.5, 0.6) is 0 Å². The van der Waals surface area contributed by atoms with Crippen molar-refractivity contribution in [1.82, 2.24) is 29.8 Å². The van der Waals surface area contributed by atoms with Gasteiger partial charge in [-0.2, -0.15) is 32.9 Å². The van der Waals surface area contributed by atoms with Crippen LogP contribution in [0.4, 0.5) is 24.8 Å². The van der Waals surface area contributed by atoms with Crippen LogP contribution >= 0.6 is 0 Å². The highest BCUT2D eigenvalue weighted by atomic mass is 19.4. The molecule has 4 heterocycles. The van der Waals surface area contributed by atoms with Crippen LogP contribution in [0.1, 0.15) is 18.5 Å². The van der Waals surface area contributed by atoms with Gasteiger partial charge < -0.3 is 9.80 Å². The summed E-state index contributed by atoms with van der Waals surface area (Å²) in [4.78, 5) is 11.3. The minimum absolute atomic E-state index is 0.0170. The Balaban J connectivity index is 1.66. The standard InChI is InChI=1S/C16H17F3N8/c1-25(11-4-3-7-26(9-11)13-5-2-6-21-24-13)14-8-12(16(17,18)19)23-15-20-10-22-27(14)15/h2,5-6,8,10-11H,3-4,7,9H2,1H3. The van der Waals surface area contributed by atoms with Crippen molar-refractivity contribution < 1.29 is 13.2 Å². The predicted octanol–water partition coefficient (Wildman–Crippen LogP) is 2.04. The fourth-order valence-electron chi connectivity index (χ4n) is 3.32. The molecule has 0 bridgehead atoms. The first-order chi connectivity index (χ1) is 12.9. The number of aromatic nitrogens is 6. The molecule has 0 spiro atoms. The van der Waals surface area contributed by atoms with Crippen molar-refractivity contribution in [1.29, 1.82) is 0 Å². The van der Waals surface area contributed by atoms with E-state index in [1.54, 1.807) is 18.1 Å². The van der Waals surface area contributed by atoms with Crippen molar-refractivity contribution in [2.24, 2.45) is 0 Å². The molecule has 1 atom stereocenters. The van der Waals surface area contributed by atoms with Gasteiger partial charge in [0.2, 0.25) is 0 Å². The second kappa shape index (κ2) is 6.63. The monoisotopic (exact) mass is 378 g/mol. The van der Waals surface area contributed by atoms with Gasteiger partial charge in [-0.3, -0.25) is 0 Å². The van der Waals surface area contributed by atoms with Gasteiger partial charge in [-0.05, 0) is 25.0 Å². The van der Waals surface area contributed by atoms with Gasteiger partial charge >= 0.3 is 6.18 Å². The van der Waals surface area contributed by atoms with Crippen LogP contribution in [0.2, 0.25) is 0 Å². The van der Waals surface area contributed by atoms with E-state index in [-0.39, 0.29) is 11.8 Å². The normalized spacial score (nSPS) is 18.1. The second-order valence-electron chi connectivity index (χ2n) is 6.40. The molecule has 142 valence electrons. The maximum atomic E-state index is 13.2. The first-order valence-electron chi connectivity index (χ1n) is 8.47. The summed E-state index contributed by atoms with van der Waals surface area (Å²) in [6, 6.07) is 4.69. The summed E-state index contributed by atoms with van der Waals surface area (Å²) in [7, 11) is 1.77. The highest BCUT2D eigenvalue weighted by Crippen LogP contribution is 2.31. The van der Waals surface area contributed by atoms with Crippen LogP contribution in [0, 0.1) is 0 Å². The van der Waals surface area contributed by atoms with Gasteiger partial charge in [-0.15, -0.1) is 5.10 Å². The zero-order valence-corrected chi connectivity index (χ0v) is 14.5. The summed E-state index contributed by atoms with van der Waals surface area (Å²) in [5, 5.41) is 12.1. The number of anilines is 2. The summed E-state index contributed by atoms with van der Waals surface area (Å²) in [5.41, 5.74) is -0.980. The van der Waals surface area contributed by atoms with Crippen molar-refractivity contribution in [2.45, 2.75) is 25.1 Å². The highest BCUT2D eigenvalue weighted by molar-refractivity contribution is 5.49. The van der Waals surface area contributed by atoms with Crippen LogP contribution in [0.25, 0.3) is 5.78 Å². The molecule has 3 aromatic rings. The maximum Gasteiger partial charge on any atom is 0.433 e. The second-order valence-corrected chi connectivity index (χ2v) is 6.40. The van der Waals surface area contributed by atoms with E-state index in [1.807, 2.05) is 12.1 Å². The van der Waals surface area contributed by atoms with Crippen molar-refractivity contribution in [3.8, 4) is 0 Å². The molecule has 27 heavy (non-hydrogen) atoms. The number of nitrogens with zero attached hydrogens (tertiary/aromatic N) is 8. The Morgan fingerprint density at radius 2 is 2.15 bits per heavy atom. The van der Waals surface area contributed by atoms with Gasteiger partial charge in [0, 0.05) is 38.4 Å². The van der Waals surface area contributed by atoms with E-state index in [0.717, 1.165) is 31.3 Å². The van der Waals surface area contributed by atoms with Crippen molar-refractivity contribution in [3.05, 3.63) is 36.4 Å². The summed E-state index contributed by atoms with van der Waals surface area (Å²) >= 11 is 0. The zero-order chi connectivity index (χ0) is 19.0. The predicted molar refractivity (Wildman–Crippen MR) is 91.5 cm³/mol. The first kappa shape index (κ1) is 17.4. The molecule has 3 aromatic heterocycles. The van der Waals surface area contributed by atoms with Crippen LogP contribution in [0.3, 0.4) is 0 Å². The molecule has 1 saturated heterocycles. The maximum absolute atomic E-state index is 13.2. The lowest BCUT2D eigenvalue weighted by atomic mass is 10.0. The molecule has 0 saturated carbocycles. The number of piperidine rings is 1. The molecule has 4 rings (SSSR count). The fourth-order valence-corrected chi connectivity index (χ4v) is 3.32. The fraction of sp³-hybridized carbons (Fsp3) is 0.438. The van der Waals surface area contributed by atoms with E-state index in [2.05, 4.69) is 30.2 Å². The number of alkyl halides is 3. The Kier molecular flexibility index (Phi) is 4.28.